The van der Waals surface area contributed by atoms with Crippen molar-refractivity contribution in [2.75, 3.05) is 26.9 Å². The summed E-state index contributed by atoms with van der Waals surface area (Å²) in [6.45, 7) is 6.97. The molecule has 1 atom stereocenters. The number of benzene rings is 2. The van der Waals surface area contributed by atoms with Crippen LogP contribution in [0.4, 0.5) is 4.39 Å². The number of halogens is 2. The topological polar surface area (TPSA) is 97.8 Å². The molecule has 39 heavy (non-hydrogen) atoms. The zero-order valence-electron chi connectivity index (χ0n) is 22.6. The van der Waals surface area contributed by atoms with Gasteiger partial charge >= 0.3 is 0 Å². The van der Waals surface area contributed by atoms with Gasteiger partial charge in [-0.3, -0.25) is 4.79 Å². The number of ether oxygens (including phenoxy) is 3. The van der Waals surface area contributed by atoms with Crippen molar-refractivity contribution in [3.63, 3.8) is 0 Å². The van der Waals surface area contributed by atoms with Crippen LogP contribution in [-0.4, -0.2) is 37.6 Å². The van der Waals surface area contributed by atoms with Gasteiger partial charge in [0.25, 0.3) is 0 Å². The molecule has 0 amide bonds. The molecule has 0 bridgehead atoms. The third kappa shape index (κ3) is 5.75. The van der Waals surface area contributed by atoms with Gasteiger partial charge < -0.3 is 24.8 Å². The number of Topliss-reactive ketones (excluding diaryl/α,β-unsaturated/α-hetero) is 1. The Bertz CT molecular complexity index is 1380. The van der Waals surface area contributed by atoms with Gasteiger partial charge in [-0.1, -0.05) is 43.6 Å². The molecule has 0 spiro atoms. The van der Waals surface area contributed by atoms with Crippen molar-refractivity contribution >= 4 is 17.4 Å². The number of allylic oxidation sites excluding steroid dienone is 3. The largest absolute Gasteiger partial charge is 0.490 e. The van der Waals surface area contributed by atoms with E-state index in [1.54, 1.807) is 37.4 Å². The second kappa shape index (κ2) is 11.7. The van der Waals surface area contributed by atoms with E-state index >= 15 is 0 Å². The lowest BCUT2D eigenvalue weighted by Crippen LogP contribution is -2.43. The standard InChI is InChI=1S/C30H33ClFN3O4/c1-5-38-25-13-19(12-21(31)28(25)39-17-18-8-6-7-9-22(18)32)26-20(16-33)29(34)35(10-11-37-4)23-14-30(2,3)15-24(36)27(23)26/h6-9,12-13,26H,5,10-11,14-15,17,34H2,1-4H3/t26-/m0/s1. The van der Waals surface area contributed by atoms with Crippen LogP contribution < -0.4 is 15.2 Å². The fraction of sp³-hybridized carbons (Fsp3) is 0.400. The minimum atomic E-state index is -0.718. The van der Waals surface area contributed by atoms with E-state index in [1.807, 2.05) is 25.7 Å². The molecule has 1 heterocycles. The molecular weight excluding hydrogens is 521 g/mol. The highest BCUT2D eigenvalue weighted by Gasteiger charge is 2.44. The molecule has 0 radical (unpaired) electrons. The van der Waals surface area contributed by atoms with Gasteiger partial charge in [-0.2, -0.15) is 5.26 Å². The van der Waals surface area contributed by atoms with Crippen molar-refractivity contribution in [1.82, 2.24) is 4.90 Å². The Hall–Kier alpha value is -3.54. The predicted molar refractivity (Wildman–Crippen MR) is 147 cm³/mol. The Kier molecular flexibility index (Phi) is 8.53. The Morgan fingerprint density at radius 3 is 2.64 bits per heavy atom. The van der Waals surface area contributed by atoms with Crippen LogP contribution in [-0.2, 0) is 16.1 Å². The number of rotatable bonds is 9. The highest BCUT2D eigenvalue weighted by molar-refractivity contribution is 6.32. The number of nitrogens with two attached hydrogens (primary N) is 1. The maximum Gasteiger partial charge on any atom is 0.180 e. The van der Waals surface area contributed by atoms with E-state index in [1.165, 1.54) is 6.07 Å². The van der Waals surface area contributed by atoms with Gasteiger partial charge in [0, 0.05) is 36.9 Å². The smallest absolute Gasteiger partial charge is 0.180 e. The number of carbonyl (C=O) groups is 1. The number of ketones is 1. The van der Waals surface area contributed by atoms with Crippen molar-refractivity contribution in [3.05, 3.63) is 81.0 Å². The third-order valence-corrected chi connectivity index (χ3v) is 7.28. The number of nitriles is 1. The fourth-order valence-electron chi connectivity index (χ4n) is 5.27. The van der Waals surface area contributed by atoms with Gasteiger partial charge in [0.2, 0.25) is 0 Å². The van der Waals surface area contributed by atoms with Gasteiger partial charge in [-0.25, -0.2) is 4.39 Å². The average Bonchev–Trinajstić information content (AvgIpc) is 2.87. The quantitative estimate of drug-likeness (QED) is 0.416. The van der Waals surface area contributed by atoms with E-state index in [4.69, 9.17) is 31.5 Å². The van der Waals surface area contributed by atoms with Gasteiger partial charge in [-0.05, 0) is 42.5 Å². The average molecular weight is 554 g/mol. The summed E-state index contributed by atoms with van der Waals surface area (Å²) in [5.74, 6) is -0.269. The van der Waals surface area contributed by atoms with Gasteiger partial charge in [0.05, 0.1) is 35.8 Å². The Labute approximate surface area is 233 Å². The first-order valence-corrected chi connectivity index (χ1v) is 13.2. The van der Waals surface area contributed by atoms with Gasteiger partial charge in [-0.15, -0.1) is 0 Å². The highest BCUT2D eigenvalue weighted by atomic mass is 35.5. The molecule has 0 unspecified atom stereocenters. The summed E-state index contributed by atoms with van der Waals surface area (Å²) >= 11 is 6.72. The van der Waals surface area contributed by atoms with E-state index in [0.29, 0.717) is 55.0 Å². The monoisotopic (exact) mass is 553 g/mol. The summed E-state index contributed by atoms with van der Waals surface area (Å²) in [4.78, 5) is 15.5. The molecule has 2 aromatic rings. The van der Waals surface area contributed by atoms with Crippen LogP contribution >= 0.6 is 11.6 Å². The first-order valence-electron chi connectivity index (χ1n) is 12.9. The summed E-state index contributed by atoms with van der Waals surface area (Å²) in [7, 11) is 1.59. The normalized spacial score (nSPS) is 18.6. The highest BCUT2D eigenvalue weighted by Crippen LogP contribution is 2.50. The molecular formula is C30H33ClFN3O4. The number of methoxy groups -OCH3 is 1. The van der Waals surface area contributed by atoms with Crippen molar-refractivity contribution in [1.29, 1.82) is 5.26 Å². The van der Waals surface area contributed by atoms with Gasteiger partial charge in [0.15, 0.2) is 17.3 Å². The van der Waals surface area contributed by atoms with Crippen LogP contribution in [0.2, 0.25) is 5.02 Å². The van der Waals surface area contributed by atoms with Crippen LogP contribution in [0.15, 0.2) is 59.1 Å². The van der Waals surface area contributed by atoms with Crippen LogP contribution in [0, 0.1) is 22.6 Å². The Balaban J connectivity index is 1.83. The maximum atomic E-state index is 14.2. The predicted octanol–water partition coefficient (Wildman–Crippen LogP) is 5.84. The van der Waals surface area contributed by atoms with E-state index in [0.717, 1.165) is 5.70 Å². The molecule has 0 fully saturated rings. The maximum absolute atomic E-state index is 14.2. The molecule has 1 aliphatic carbocycles. The molecule has 1 aliphatic heterocycles. The SMILES string of the molecule is CCOc1cc([C@H]2C(C#N)=C(N)N(CCOC)C3=C2C(=O)CC(C)(C)C3)cc(Cl)c1OCc1ccccc1F. The lowest BCUT2D eigenvalue weighted by atomic mass is 9.68. The molecule has 7 nitrogen and oxygen atoms in total. The molecule has 2 N–H and O–H groups in total. The summed E-state index contributed by atoms with van der Waals surface area (Å²) in [5, 5.41) is 10.5. The minimum absolute atomic E-state index is 0.0390. The molecule has 0 saturated heterocycles. The number of nitrogens with zero attached hydrogens (tertiary/aromatic N) is 2. The van der Waals surface area contributed by atoms with Gasteiger partial charge in [0.1, 0.15) is 18.2 Å². The van der Waals surface area contributed by atoms with Crippen LogP contribution in [0.5, 0.6) is 11.5 Å². The van der Waals surface area contributed by atoms with E-state index in [-0.39, 0.29) is 45.8 Å². The van der Waals surface area contributed by atoms with Crippen LogP contribution in [0.1, 0.15) is 50.7 Å². The van der Waals surface area contributed by atoms with E-state index < -0.39 is 5.92 Å². The lowest BCUT2D eigenvalue weighted by Gasteiger charge is -2.43. The summed E-state index contributed by atoms with van der Waals surface area (Å²) in [5.41, 5.74) is 8.88. The zero-order valence-corrected chi connectivity index (χ0v) is 23.4. The van der Waals surface area contributed by atoms with Crippen molar-refractivity contribution in [3.8, 4) is 17.6 Å². The molecule has 4 rings (SSSR count). The summed E-state index contributed by atoms with van der Waals surface area (Å²) in [6, 6.07) is 12.0. The van der Waals surface area contributed by atoms with Crippen molar-refractivity contribution in [2.45, 2.75) is 46.1 Å². The zero-order chi connectivity index (χ0) is 28.3. The van der Waals surface area contributed by atoms with E-state index in [2.05, 4.69) is 6.07 Å². The number of hydrogen-bond donors (Lipinski definition) is 1. The molecule has 2 aliphatic rings. The molecule has 206 valence electrons. The second-order valence-electron chi connectivity index (χ2n) is 10.4. The second-order valence-corrected chi connectivity index (χ2v) is 10.8. The Morgan fingerprint density at radius 2 is 1.97 bits per heavy atom. The van der Waals surface area contributed by atoms with Crippen molar-refractivity contribution < 1.29 is 23.4 Å². The first-order chi connectivity index (χ1) is 18.6. The molecule has 2 aromatic carbocycles. The van der Waals surface area contributed by atoms with Crippen LogP contribution in [0.3, 0.4) is 0 Å². The third-order valence-electron chi connectivity index (χ3n) is 7.00. The molecule has 0 aromatic heterocycles. The molecule has 0 saturated carbocycles. The summed E-state index contributed by atoms with van der Waals surface area (Å²) in [6.07, 6.45) is 0.957. The minimum Gasteiger partial charge on any atom is -0.490 e. The Morgan fingerprint density at radius 1 is 1.23 bits per heavy atom. The number of carbonyl (C=O) groups excluding carboxylic acids is 1. The van der Waals surface area contributed by atoms with E-state index in [9.17, 15) is 14.4 Å². The first kappa shape index (κ1) is 28.5. The fourth-order valence-corrected chi connectivity index (χ4v) is 5.54. The van der Waals surface area contributed by atoms with Crippen LogP contribution in [0.25, 0.3) is 0 Å². The van der Waals surface area contributed by atoms with Crippen molar-refractivity contribution in [2.24, 2.45) is 11.1 Å². The number of hydrogen-bond acceptors (Lipinski definition) is 7. The summed E-state index contributed by atoms with van der Waals surface area (Å²) < 4.78 is 31.3. The lowest BCUT2D eigenvalue weighted by molar-refractivity contribution is -0.118. The molecule has 9 heteroatoms.